The molecule has 2 nitrogen and oxygen atoms in total. The van der Waals surface area contributed by atoms with Crippen molar-refractivity contribution in [3.05, 3.63) is 57.6 Å². The van der Waals surface area contributed by atoms with Gasteiger partial charge in [-0.3, -0.25) is 0 Å². The Morgan fingerprint density at radius 3 is 2.33 bits per heavy atom. The summed E-state index contributed by atoms with van der Waals surface area (Å²) in [5.41, 5.74) is 5.93. The van der Waals surface area contributed by atoms with Gasteiger partial charge in [0, 0.05) is 6.54 Å². The third-order valence-electron chi connectivity index (χ3n) is 2.88. The van der Waals surface area contributed by atoms with Gasteiger partial charge < -0.3 is 11.1 Å². The first-order chi connectivity index (χ1) is 9.79. The Labute approximate surface area is 129 Å². The van der Waals surface area contributed by atoms with E-state index in [-0.39, 0.29) is 22.2 Å². The number of nitrogens with one attached hydrogen (secondary N) is 1. The molecule has 0 aliphatic heterocycles. The topological polar surface area (TPSA) is 38.0 Å². The van der Waals surface area contributed by atoms with Crippen LogP contribution in [0.3, 0.4) is 0 Å². The number of alkyl halides is 3. The second-order valence-electron chi connectivity index (χ2n) is 4.36. The number of halogens is 5. The first-order valence-corrected chi connectivity index (χ1v) is 6.68. The summed E-state index contributed by atoms with van der Waals surface area (Å²) < 4.78 is 38.6. The van der Waals surface area contributed by atoms with E-state index < -0.39 is 11.7 Å². The number of anilines is 2. The van der Waals surface area contributed by atoms with Crippen molar-refractivity contribution < 1.29 is 13.2 Å². The van der Waals surface area contributed by atoms with Gasteiger partial charge in [0.15, 0.2) is 0 Å². The van der Waals surface area contributed by atoms with Gasteiger partial charge in [0.05, 0.1) is 27.0 Å². The zero-order valence-corrected chi connectivity index (χ0v) is 12.2. The summed E-state index contributed by atoms with van der Waals surface area (Å²) in [6, 6.07) is 8.26. The fourth-order valence-corrected chi connectivity index (χ4v) is 2.19. The Morgan fingerprint density at radius 2 is 1.67 bits per heavy atom. The Balaban J connectivity index is 2.23. The van der Waals surface area contributed by atoms with Crippen LogP contribution in [0.5, 0.6) is 0 Å². The number of hydrogen-bond donors (Lipinski definition) is 2. The van der Waals surface area contributed by atoms with Gasteiger partial charge in [-0.05, 0) is 23.8 Å². The van der Waals surface area contributed by atoms with Crippen LogP contribution >= 0.6 is 23.2 Å². The molecule has 0 fully saturated rings. The highest BCUT2D eigenvalue weighted by Gasteiger charge is 2.32. The van der Waals surface area contributed by atoms with Crippen molar-refractivity contribution in [2.45, 2.75) is 12.7 Å². The minimum atomic E-state index is -4.40. The van der Waals surface area contributed by atoms with E-state index in [1.54, 1.807) is 6.07 Å². The molecule has 0 aliphatic rings. The van der Waals surface area contributed by atoms with Crippen LogP contribution in [0.4, 0.5) is 24.5 Å². The van der Waals surface area contributed by atoms with Gasteiger partial charge in [-0.2, -0.15) is 13.2 Å². The molecule has 0 bridgehead atoms. The van der Waals surface area contributed by atoms with Crippen LogP contribution < -0.4 is 11.1 Å². The summed E-state index contributed by atoms with van der Waals surface area (Å²) in [7, 11) is 0. The molecule has 0 radical (unpaired) electrons. The molecule has 7 heteroatoms. The average molecular weight is 335 g/mol. The number of nitrogen functional groups attached to an aromatic ring is 1. The third kappa shape index (κ3) is 3.74. The standard InChI is InChI=1S/C14H11Cl2F3N2/c15-10-5-12(20)13(6-11(10)16)21-7-8-3-1-2-4-9(8)14(17,18)19/h1-6,21H,7,20H2. The van der Waals surface area contributed by atoms with Crippen molar-refractivity contribution in [2.24, 2.45) is 0 Å². The van der Waals surface area contributed by atoms with E-state index in [4.69, 9.17) is 28.9 Å². The SMILES string of the molecule is Nc1cc(Cl)c(Cl)cc1NCc1ccccc1C(F)(F)F. The van der Waals surface area contributed by atoms with E-state index in [9.17, 15) is 13.2 Å². The molecule has 3 N–H and O–H groups in total. The molecule has 0 heterocycles. The maximum Gasteiger partial charge on any atom is 0.416 e. The fourth-order valence-electron chi connectivity index (χ4n) is 1.86. The predicted molar refractivity (Wildman–Crippen MR) is 79.6 cm³/mol. The Morgan fingerprint density at radius 1 is 1.05 bits per heavy atom. The first-order valence-electron chi connectivity index (χ1n) is 5.92. The highest BCUT2D eigenvalue weighted by molar-refractivity contribution is 6.42. The van der Waals surface area contributed by atoms with Gasteiger partial charge in [-0.25, -0.2) is 0 Å². The maximum absolute atomic E-state index is 12.9. The third-order valence-corrected chi connectivity index (χ3v) is 3.61. The molecule has 0 aromatic heterocycles. The first kappa shape index (κ1) is 15.8. The molecule has 0 aliphatic carbocycles. The summed E-state index contributed by atoms with van der Waals surface area (Å²) in [6.45, 7) is -0.0299. The Bertz CT molecular complexity index is 657. The number of nitrogens with two attached hydrogens (primary N) is 1. The smallest absolute Gasteiger partial charge is 0.397 e. The fraction of sp³-hybridized carbons (Fsp3) is 0.143. The minimum Gasteiger partial charge on any atom is -0.397 e. The molecule has 0 amide bonds. The summed E-state index contributed by atoms with van der Waals surface area (Å²) in [5.74, 6) is 0. The zero-order chi connectivity index (χ0) is 15.6. The second-order valence-corrected chi connectivity index (χ2v) is 5.18. The molecule has 0 spiro atoms. The van der Waals surface area contributed by atoms with E-state index in [2.05, 4.69) is 5.32 Å². The molecule has 2 rings (SSSR count). The van der Waals surface area contributed by atoms with Gasteiger partial charge in [-0.1, -0.05) is 41.4 Å². The number of hydrogen-bond acceptors (Lipinski definition) is 2. The van der Waals surface area contributed by atoms with Crippen LogP contribution in [-0.2, 0) is 12.7 Å². The lowest BCUT2D eigenvalue weighted by molar-refractivity contribution is -0.138. The summed E-state index contributed by atoms with van der Waals surface area (Å²) in [6.07, 6.45) is -4.40. The second kappa shape index (κ2) is 6.03. The molecule has 112 valence electrons. The molecule has 2 aromatic rings. The quantitative estimate of drug-likeness (QED) is 0.756. The van der Waals surface area contributed by atoms with E-state index in [0.29, 0.717) is 11.4 Å². The molecular weight excluding hydrogens is 324 g/mol. The van der Waals surface area contributed by atoms with E-state index in [1.165, 1.54) is 24.3 Å². The molecule has 0 saturated heterocycles. The zero-order valence-electron chi connectivity index (χ0n) is 10.6. The van der Waals surface area contributed by atoms with Crippen LogP contribution in [0.2, 0.25) is 10.0 Å². The molecule has 0 saturated carbocycles. The van der Waals surface area contributed by atoms with Crippen molar-refractivity contribution in [1.82, 2.24) is 0 Å². The monoisotopic (exact) mass is 334 g/mol. The average Bonchev–Trinajstić information content (AvgIpc) is 2.41. The van der Waals surface area contributed by atoms with Crippen molar-refractivity contribution in [3.63, 3.8) is 0 Å². The molecule has 0 unspecified atom stereocenters. The van der Waals surface area contributed by atoms with Crippen molar-refractivity contribution >= 4 is 34.6 Å². The molecule has 0 atom stereocenters. The van der Waals surface area contributed by atoms with Crippen molar-refractivity contribution in [2.75, 3.05) is 11.1 Å². The lowest BCUT2D eigenvalue weighted by Crippen LogP contribution is -2.12. The maximum atomic E-state index is 12.9. The van der Waals surface area contributed by atoms with Gasteiger partial charge in [0.1, 0.15) is 0 Å². The van der Waals surface area contributed by atoms with E-state index >= 15 is 0 Å². The van der Waals surface area contributed by atoms with Gasteiger partial charge in [0.25, 0.3) is 0 Å². The minimum absolute atomic E-state index is 0.0299. The lowest BCUT2D eigenvalue weighted by atomic mass is 10.1. The predicted octanol–water partition coefficient (Wildman–Crippen LogP) is 5.21. The van der Waals surface area contributed by atoms with Gasteiger partial charge in [-0.15, -0.1) is 0 Å². The normalized spacial score (nSPS) is 11.5. The molecule has 21 heavy (non-hydrogen) atoms. The van der Waals surface area contributed by atoms with Crippen LogP contribution in [0.1, 0.15) is 11.1 Å². The van der Waals surface area contributed by atoms with E-state index in [0.717, 1.165) is 6.07 Å². The summed E-state index contributed by atoms with van der Waals surface area (Å²) in [4.78, 5) is 0. The van der Waals surface area contributed by atoms with Gasteiger partial charge >= 0.3 is 6.18 Å². The van der Waals surface area contributed by atoms with Crippen molar-refractivity contribution in [1.29, 1.82) is 0 Å². The Kier molecular flexibility index (Phi) is 4.54. The van der Waals surface area contributed by atoms with Crippen LogP contribution in [-0.4, -0.2) is 0 Å². The van der Waals surface area contributed by atoms with Crippen LogP contribution in [0.25, 0.3) is 0 Å². The highest BCUT2D eigenvalue weighted by atomic mass is 35.5. The summed E-state index contributed by atoms with van der Waals surface area (Å²) in [5, 5.41) is 3.40. The molecular formula is C14H11Cl2F3N2. The lowest BCUT2D eigenvalue weighted by Gasteiger charge is -2.15. The number of rotatable bonds is 3. The largest absolute Gasteiger partial charge is 0.416 e. The number of benzene rings is 2. The highest BCUT2D eigenvalue weighted by Crippen LogP contribution is 2.34. The summed E-state index contributed by atoms with van der Waals surface area (Å²) >= 11 is 11.7. The van der Waals surface area contributed by atoms with Crippen LogP contribution in [0.15, 0.2) is 36.4 Å². The van der Waals surface area contributed by atoms with Crippen LogP contribution in [0, 0.1) is 0 Å². The molecule has 2 aromatic carbocycles. The van der Waals surface area contributed by atoms with E-state index in [1.807, 2.05) is 0 Å². The Hall–Kier alpha value is -1.59. The van der Waals surface area contributed by atoms with Crippen molar-refractivity contribution in [3.8, 4) is 0 Å². The van der Waals surface area contributed by atoms with Gasteiger partial charge in [0.2, 0.25) is 0 Å².